The van der Waals surface area contributed by atoms with E-state index in [1.807, 2.05) is 72.8 Å². The third-order valence-corrected chi connectivity index (χ3v) is 9.60. The van der Waals surface area contributed by atoms with Gasteiger partial charge in [-0.05, 0) is 78.4 Å². The Morgan fingerprint density at radius 1 is 0.852 bits per heavy atom. The molecule has 2 atom stereocenters. The number of nitrogens with one attached hydrogen (secondary N) is 3. The Kier molecular flexibility index (Phi) is 14.0. The van der Waals surface area contributed by atoms with Crippen LogP contribution >= 0.6 is 0 Å². The molecule has 54 heavy (non-hydrogen) atoms. The number of hydrogen-bond acceptors (Lipinski definition) is 11. The molecule has 0 unspecified atom stereocenters. The maximum atomic E-state index is 13.3. The monoisotopic (exact) mass is 758 g/mol. The van der Waals surface area contributed by atoms with E-state index in [1.165, 1.54) is 12.1 Å². The molecule has 1 heterocycles. The number of carbonyl (C=O) groups is 3. The highest BCUT2D eigenvalue weighted by Crippen LogP contribution is 2.28. The first-order chi connectivity index (χ1) is 25.9. The fourth-order valence-corrected chi connectivity index (χ4v) is 6.59. The topological polar surface area (TPSA) is 184 Å². The van der Waals surface area contributed by atoms with Gasteiger partial charge >= 0.3 is 11.9 Å². The molecule has 1 fully saturated rings. The zero-order valence-corrected chi connectivity index (χ0v) is 30.8. The van der Waals surface area contributed by atoms with Gasteiger partial charge in [-0.1, -0.05) is 66.7 Å². The van der Waals surface area contributed by atoms with Crippen LogP contribution in [-0.2, 0) is 42.3 Å². The summed E-state index contributed by atoms with van der Waals surface area (Å²) in [6.07, 6.45) is 1.50. The number of piperidine rings is 1. The summed E-state index contributed by atoms with van der Waals surface area (Å²) in [4.78, 5) is 41.4. The highest BCUT2D eigenvalue weighted by Gasteiger charge is 2.27. The minimum atomic E-state index is -3.59. The van der Waals surface area contributed by atoms with E-state index in [4.69, 9.17) is 9.47 Å². The van der Waals surface area contributed by atoms with E-state index >= 15 is 0 Å². The van der Waals surface area contributed by atoms with Gasteiger partial charge in [0.15, 0.2) is 0 Å². The van der Waals surface area contributed by atoms with Crippen molar-refractivity contribution in [3.05, 3.63) is 125 Å². The Bertz CT molecular complexity index is 1950. The first-order valence-corrected chi connectivity index (χ1v) is 19.6. The fourth-order valence-electron chi connectivity index (χ4n) is 6.03. The molecule has 1 aliphatic heterocycles. The molecule has 4 aromatic rings. The maximum absolute atomic E-state index is 13.3. The van der Waals surface area contributed by atoms with Crippen molar-refractivity contribution in [2.24, 2.45) is 5.92 Å². The molecule has 1 aliphatic rings. The van der Waals surface area contributed by atoms with Crippen molar-refractivity contribution in [3.8, 4) is 5.75 Å². The lowest BCUT2D eigenvalue weighted by Crippen LogP contribution is -2.43. The SMILES string of the molecule is CS(=O)(=O)Nc1cc([C@H](O)CNCC2CCN(c3ccc(C(=O)N[C@@H](CC(=O)OCc4ccccc4)C(=O)OCc4ccccc4)cc3)CC2)ccc1O. The number of aliphatic hydroxyl groups is 1. The van der Waals surface area contributed by atoms with Crippen molar-refractivity contribution in [2.45, 2.75) is 44.6 Å². The van der Waals surface area contributed by atoms with Crippen LogP contribution in [0.15, 0.2) is 103 Å². The van der Waals surface area contributed by atoms with Crippen molar-refractivity contribution in [3.63, 3.8) is 0 Å². The number of benzene rings is 4. The Morgan fingerprint density at radius 2 is 1.46 bits per heavy atom. The molecule has 1 saturated heterocycles. The molecular weight excluding hydrogens is 713 g/mol. The van der Waals surface area contributed by atoms with E-state index < -0.39 is 46.4 Å². The molecule has 0 radical (unpaired) electrons. The van der Waals surface area contributed by atoms with Crippen molar-refractivity contribution in [1.82, 2.24) is 10.6 Å². The normalized spacial score (nSPS) is 14.4. The van der Waals surface area contributed by atoms with Crippen molar-refractivity contribution in [2.75, 3.05) is 42.1 Å². The molecule has 5 rings (SSSR count). The van der Waals surface area contributed by atoms with Gasteiger partial charge in [0.2, 0.25) is 10.0 Å². The van der Waals surface area contributed by atoms with Crippen LogP contribution in [0.1, 0.15) is 52.4 Å². The molecule has 0 saturated carbocycles. The lowest BCUT2D eigenvalue weighted by molar-refractivity contribution is -0.153. The molecule has 1 amide bonds. The molecule has 4 aromatic carbocycles. The third-order valence-electron chi connectivity index (χ3n) is 9.01. The van der Waals surface area contributed by atoms with Gasteiger partial charge in [0.1, 0.15) is 25.0 Å². The van der Waals surface area contributed by atoms with Gasteiger partial charge in [0.25, 0.3) is 5.91 Å². The zero-order chi connectivity index (χ0) is 38.5. The third kappa shape index (κ3) is 12.3. The number of amides is 1. The number of carbonyl (C=O) groups excluding carboxylic acids is 3. The maximum Gasteiger partial charge on any atom is 0.329 e. The fraction of sp³-hybridized carbons (Fsp3) is 0.325. The van der Waals surface area contributed by atoms with Crippen LogP contribution in [0.25, 0.3) is 0 Å². The van der Waals surface area contributed by atoms with Crippen LogP contribution < -0.4 is 20.3 Å². The van der Waals surface area contributed by atoms with Gasteiger partial charge in [0, 0.05) is 30.9 Å². The highest BCUT2D eigenvalue weighted by atomic mass is 32.2. The van der Waals surface area contributed by atoms with Crippen molar-refractivity contribution in [1.29, 1.82) is 0 Å². The summed E-state index contributed by atoms with van der Waals surface area (Å²) in [7, 11) is -3.59. The number of anilines is 2. The van der Waals surface area contributed by atoms with Gasteiger partial charge in [0.05, 0.1) is 24.5 Å². The van der Waals surface area contributed by atoms with Crippen molar-refractivity contribution < 1.29 is 42.5 Å². The minimum Gasteiger partial charge on any atom is -0.506 e. The lowest BCUT2D eigenvalue weighted by Gasteiger charge is -2.34. The molecule has 5 N–H and O–H groups in total. The van der Waals surface area contributed by atoms with E-state index in [1.54, 1.807) is 18.2 Å². The second kappa shape index (κ2) is 19.1. The molecular formula is C40H46N4O9S. The summed E-state index contributed by atoms with van der Waals surface area (Å²) >= 11 is 0. The Labute approximate surface area is 315 Å². The summed E-state index contributed by atoms with van der Waals surface area (Å²) in [5.41, 5.74) is 3.31. The van der Waals surface area contributed by atoms with Crippen LogP contribution in [0.2, 0.25) is 0 Å². The number of phenolic OH excluding ortho intramolecular Hbond substituents is 1. The number of hydrogen-bond donors (Lipinski definition) is 5. The molecule has 0 spiro atoms. The predicted molar refractivity (Wildman–Crippen MR) is 204 cm³/mol. The van der Waals surface area contributed by atoms with Gasteiger partial charge in [-0.25, -0.2) is 13.2 Å². The van der Waals surface area contributed by atoms with Crippen LogP contribution in [0, 0.1) is 5.92 Å². The van der Waals surface area contributed by atoms with E-state index in [0.717, 1.165) is 49.0 Å². The number of aromatic hydroxyl groups is 1. The average molecular weight is 759 g/mol. The number of ether oxygens (including phenoxy) is 2. The summed E-state index contributed by atoms with van der Waals surface area (Å²) in [6, 6.07) is 28.4. The average Bonchev–Trinajstić information content (AvgIpc) is 3.17. The molecule has 0 bridgehead atoms. The van der Waals surface area contributed by atoms with Crippen LogP contribution in [0.3, 0.4) is 0 Å². The zero-order valence-electron chi connectivity index (χ0n) is 30.0. The Balaban J connectivity index is 1.10. The molecule has 0 aliphatic carbocycles. The van der Waals surface area contributed by atoms with Crippen molar-refractivity contribution >= 4 is 39.2 Å². The first-order valence-electron chi connectivity index (χ1n) is 17.7. The summed E-state index contributed by atoms with van der Waals surface area (Å²) < 4.78 is 36.2. The van der Waals surface area contributed by atoms with E-state index in [2.05, 4.69) is 20.3 Å². The second-order valence-electron chi connectivity index (χ2n) is 13.3. The first kappa shape index (κ1) is 39.8. The largest absolute Gasteiger partial charge is 0.506 e. The summed E-state index contributed by atoms with van der Waals surface area (Å²) in [5, 5.41) is 26.6. The number of esters is 2. The Hall–Kier alpha value is -5.44. The Morgan fingerprint density at radius 3 is 2.07 bits per heavy atom. The van der Waals surface area contributed by atoms with E-state index in [-0.39, 0.29) is 31.2 Å². The number of rotatable bonds is 17. The van der Waals surface area contributed by atoms with E-state index in [9.17, 15) is 33.0 Å². The molecule has 0 aromatic heterocycles. The van der Waals surface area contributed by atoms with Gasteiger partial charge in [-0.15, -0.1) is 0 Å². The highest BCUT2D eigenvalue weighted by molar-refractivity contribution is 7.92. The van der Waals surface area contributed by atoms with Crippen LogP contribution in [-0.4, -0.2) is 75.0 Å². The summed E-state index contributed by atoms with van der Waals surface area (Å²) in [6.45, 7) is 2.55. The number of phenols is 1. The predicted octanol–water partition coefficient (Wildman–Crippen LogP) is 4.28. The van der Waals surface area contributed by atoms with Gasteiger partial charge in [-0.3, -0.25) is 14.3 Å². The van der Waals surface area contributed by atoms with E-state index in [0.29, 0.717) is 23.6 Å². The molecule has 14 heteroatoms. The number of aliphatic hydroxyl groups excluding tert-OH is 1. The van der Waals surface area contributed by atoms with Crippen LogP contribution in [0.4, 0.5) is 11.4 Å². The number of nitrogens with zero attached hydrogens (tertiary/aromatic N) is 1. The lowest BCUT2D eigenvalue weighted by atomic mass is 9.96. The summed E-state index contributed by atoms with van der Waals surface area (Å²) in [5.74, 6) is -1.78. The number of sulfonamides is 1. The molecule has 13 nitrogen and oxygen atoms in total. The van der Waals surface area contributed by atoms with Gasteiger partial charge in [-0.2, -0.15) is 0 Å². The standard InChI is InChI=1S/C40H46N4O9S/c1-54(50,51)43-34-22-32(14-17-36(34)45)37(46)25-41-24-28-18-20-44(21-19-28)33-15-12-31(13-16-33)39(48)42-35(40(49)53-27-30-10-6-3-7-11-30)23-38(47)52-26-29-8-4-2-5-9-29/h2-17,22,28,35,37,41,43,45-46H,18-21,23-27H2,1H3,(H,42,48)/t35-,37+/m0/s1. The second-order valence-corrected chi connectivity index (χ2v) is 15.0. The van der Waals surface area contributed by atoms with Crippen LogP contribution in [0.5, 0.6) is 5.75 Å². The minimum absolute atomic E-state index is 0.00950. The molecule has 286 valence electrons. The smallest absolute Gasteiger partial charge is 0.329 e. The quantitative estimate of drug-likeness (QED) is 0.0766. The van der Waals surface area contributed by atoms with Gasteiger partial charge < -0.3 is 35.2 Å².